The molecule has 0 radical (unpaired) electrons. The molecule has 1 aliphatic heterocycles. The second kappa shape index (κ2) is 7.71. The van der Waals surface area contributed by atoms with Crippen molar-refractivity contribution >= 4 is 28.5 Å². The van der Waals surface area contributed by atoms with Gasteiger partial charge in [-0.05, 0) is 49.6 Å². The monoisotopic (exact) mass is 383 g/mol. The number of hydrogen-bond acceptors (Lipinski definition) is 3. The molecule has 5 nitrogen and oxygen atoms in total. The predicted molar refractivity (Wildman–Crippen MR) is 106 cm³/mol. The zero-order valence-corrected chi connectivity index (χ0v) is 15.9. The zero-order chi connectivity index (χ0) is 18.8. The number of imidazole rings is 1. The third-order valence-electron chi connectivity index (χ3n) is 4.91. The highest BCUT2D eigenvalue weighted by atomic mass is 35.5. The van der Waals surface area contributed by atoms with Crippen LogP contribution in [-0.4, -0.2) is 28.2 Å². The molecule has 2 heterocycles. The lowest BCUT2D eigenvalue weighted by atomic mass is 10.2. The number of nitrogens with zero attached hydrogens (tertiary/aromatic N) is 2. The summed E-state index contributed by atoms with van der Waals surface area (Å²) >= 11 is 6.01. The number of nitrogens with one attached hydrogen (secondary N) is 1. The number of fused-ring (bicyclic) bond motifs is 1. The second-order valence-corrected chi connectivity index (χ2v) is 7.34. The maximum Gasteiger partial charge on any atom is 0.249 e. The summed E-state index contributed by atoms with van der Waals surface area (Å²) < 4.78 is 7.65. The van der Waals surface area contributed by atoms with Crippen molar-refractivity contribution in [3.05, 3.63) is 64.9 Å². The molecule has 1 amide bonds. The van der Waals surface area contributed by atoms with Gasteiger partial charge < -0.3 is 14.6 Å². The molecule has 1 fully saturated rings. The molecule has 1 saturated heterocycles. The number of ether oxygens (including phenoxy) is 1. The second-order valence-electron chi connectivity index (χ2n) is 6.90. The van der Waals surface area contributed by atoms with Crippen LogP contribution in [0.4, 0.5) is 0 Å². The minimum atomic E-state index is -0.346. The van der Waals surface area contributed by atoms with Gasteiger partial charge in [-0.25, -0.2) is 4.98 Å². The molecular formula is C21H22ClN3O2. The lowest BCUT2D eigenvalue weighted by molar-refractivity contribution is -0.130. The smallest absolute Gasteiger partial charge is 0.249 e. The van der Waals surface area contributed by atoms with E-state index in [1.54, 1.807) is 0 Å². The average molecular weight is 384 g/mol. The molecule has 27 heavy (non-hydrogen) atoms. The van der Waals surface area contributed by atoms with Gasteiger partial charge in [0.15, 0.2) is 0 Å². The molecule has 140 valence electrons. The fourth-order valence-corrected chi connectivity index (χ4v) is 3.64. The Labute approximate surface area is 163 Å². The Morgan fingerprint density at radius 1 is 1.30 bits per heavy atom. The van der Waals surface area contributed by atoms with E-state index >= 15 is 0 Å². The van der Waals surface area contributed by atoms with Gasteiger partial charge in [-0.15, -0.1) is 0 Å². The van der Waals surface area contributed by atoms with Crippen molar-refractivity contribution in [2.45, 2.75) is 38.5 Å². The van der Waals surface area contributed by atoms with E-state index in [0.717, 1.165) is 35.3 Å². The number of aromatic nitrogens is 2. The van der Waals surface area contributed by atoms with E-state index in [9.17, 15) is 4.79 Å². The van der Waals surface area contributed by atoms with E-state index in [-0.39, 0.29) is 18.1 Å². The van der Waals surface area contributed by atoms with Crippen molar-refractivity contribution in [1.82, 2.24) is 14.9 Å². The van der Waals surface area contributed by atoms with Gasteiger partial charge in [0.25, 0.3) is 0 Å². The first kappa shape index (κ1) is 18.0. The van der Waals surface area contributed by atoms with Crippen LogP contribution < -0.4 is 5.32 Å². The fourth-order valence-electron chi connectivity index (χ4n) is 3.52. The van der Waals surface area contributed by atoms with E-state index in [1.165, 1.54) is 0 Å². The van der Waals surface area contributed by atoms with Crippen molar-refractivity contribution in [2.75, 3.05) is 6.61 Å². The molecule has 2 unspecified atom stereocenters. The van der Waals surface area contributed by atoms with Crippen LogP contribution in [0, 0.1) is 0 Å². The van der Waals surface area contributed by atoms with Gasteiger partial charge in [-0.3, -0.25) is 4.79 Å². The Balaban J connectivity index is 1.64. The molecule has 0 bridgehead atoms. The van der Waals surface area contributed by atoms with Crippen LogP contribution in [0.5, 0.6) is 0 Å². The number of carbonyl (C=O) groups excluding carboxylic acids is 1. The normalized spacial score (nSPS) is 17.9. The summed E-state index contributed by atoms with van der Waals surface area (Å²) in [4.78, 5) is 17.3. The number of hydrogen-bond donors (Lipinski definition) is 1. The lowest BCUT2D eigenvalue weighted by Crippen LogP contribution is -2.36. The molecule has 4 rings (SSSR count). The summed E-state index contributed by atoms with van der Waals surface area (Å²) in [6.45, 7) is 3.28. The van der Waals surface area contributed by atoms with Crippen LogP contribution in [-0.2, 0) is 16.1 Å². The number of para-hydroxylation sites is 2. The van der Waals surface area contributed by atoms with E-state index in [2.05, 4.69) is 16.0 Å². The van der Waals surface area contributed by atoms with Gasteiger partial charge in [0.1, 0.15) is 11.9 Å². The molecule has 1 N–H and O–H groups in total. The van der Waals surface area contributed by atoms with Crippen molar-refractivity contribution in [1.29, 1.82) is 0 Å². The van der Waals surface area contributed by atoms with Gasteiger partial charge >= 0.3 is 0 Å². The molecule has 0 saturated carbocycles. The molecule has 0 spiro atoms. The summed E-state index contributed by atoms with van der Waals surface area (Å²) in [6, 6.07) is 15.6. The molecule has 3 aromatic rings. The van der Waals surface area contributed by atoms with E-state index < -0.39 is 0 Å². The van der Waals surface area contributed by atoms with Gasteiger partial charge in [-0.1, -0.05) is 35.9 Å². The third kappa shape index (κ3) is 3.84. The first-order valence-corrected chi connectivity index (χ1v) is 9.61. The van der Waals surface area contributed by atoms with Gasteiger partial charge in [0.05, 0.1) is 17.1 Å². The molecule has 2 aromatic carbocycles. The third-order valence-corrected chi connectivity index (χ3v) is 5.16. The van der Waals surface area contributed by atoms with Crippen LogP contribution in [0.1, 0.15) is 37.2 Å². The van der Waals surface area contributed by atoms with Crippen molar-refractivity contribution in [3.8, 4) is 0 Å². The Morgan fingerprint density at radius 3 is 2.81 bits per heavy atom. The molecule has 0 aliphatic carbocycles. The zero-order valence-electron chi connectivity index (χ0n) is 15.2. The van der Waals surface area contributed by atoms with Crippen molar-refractivity contribution in [3.63, 3.8) is 0 Å². The fraction of sp³-hybridized carbons (Fsp3) is 0.333. The number of carbonyl (C=O) groups is 1. The van der Waals surface area contributed by atoms with Crippen LogP contribution in [0.25, 0.3) is 11.0 Å². The highest BCUT2D eigenvalue weighted by molar-refractivity contribution is 6.30. The Hall–Kier alpha value is -2.37. The number of amides is 1. The standard InChI is InChI=1S/C21H22ClN3O2/c1-14(23-21(26)19-7-4-12-27-19)20-24-17-5-2-3-6-18(17)25(20)13-15-8-10-16(22)11-9-15/h2-3,5-6,8-11,14,19H,4,7,12-13H2,1H3,(H,23,26). The predicted octanol–water partition coefficient (Wildman–Crippen LogP) is 4.09. The summed E-state index contributed by atoms with van der Waals surface area (Å²) in [5.74, 6) is 0.766. The van der Waals surface area contributed by atoms with Crippen molar-refractivity contribution in [2.24, 2.45) is 0 Å². The SMILES string of the molecule is CC(NC(=O)C1CCCO1)c1nc2ccccc2n1Cc1ccc(Cl)cc1. The summed E-state index contributed by atoms with van der Waals surface area (Å²) in [5.41, 5.74) is 3.09. The van der Waals surface area contributed by atoms with Crippen LogP contribution in [0.15, 0.2) is 48.5 Å². The highest BCUT2D eigenvalue weighted by Crippen LogP contribution is 2.23. The highest BCUT2D eigenvalue weighted by Gasteiger charge is 2.26. The van der Waals surface area contributed by atoms with E-state index in [0.29, 0.717) is 18.2 Å². The lowest BCUT2D eigenvalue weighted by Gasteiger charge is -2.18. The molecule has 1 aliphatic rings. The minimum absolute atomic E-state index is 0.0647. The van der Waals surface area contributed by atoms with Crippen LogP contribution >= 0.6 is 11.6 Å². The number of rotatable bonds is 5. The Bertz CT molecular complexity index is 946. The van der Waals surface area contributed by atoms with Gasteiger partial charge in [0.2, 0.25) is 5.91 Å². The minimum Gasteiger partial charge on any atom is -0.368 e. The number of benzene rings is 2. The summed E-state index contributed by atoms with van der Waals surface area (Å²) in [5, 5.41) is 3.78. The molecule has 2 atom stereocenters. The molecule has 1 aromatic heterocycles. The van der Waals surface area contributed by atoms with Crippen LogP contribution in [0.3, 0.4) is 0 Å². The molecule has 6 heteroatoms. The maximum absolute atomic E-state index is 12.5. The van der Waals surface area contributed by atoms with Gasteiger partial charge in [0, 0.05) is 18.2 Å². The average Bonchev–Trinajstić information content (AvgIpc) is 3.32. The first-order valence-electron chi connectivity index (χ1n) is 9.23. The largest absolute Gasteiger partial charge is 0.368 e. The first-order chi connectivity index (χ1) is 13.1. The quantitative estimate of drug-likeness (QED) is 0.721. The Kier molecular flexibility index (Phi) is 5.14. The molecular weight excluding hydrogens is 362 g/mol. The van der Waals surface area contributed by atoms with E-state index in [1.807, 2.05) is 49.4 Å². The topological polar surface area (TPSA) is 56.1 Å². The van der Waals surface area contributed by atoms with E-state index in [4.69, 9.17) is 21.3 Å². The van der Waals surface area contributed by atoms with Crippen LogP contribution in [0.2, 0.25) is 5.02 Å². The Morgan fingerprint density at radius 2 is 2.07 bits per heavy atom. The van der Waals surface area contributed by atoms with Crippen molar-refractivity contribution < 1.29 is 9.53 Å². The number of halogens is 1. The van der Waals surface area contributed by atoms with Gasteiger partial charge in [-0.2, -0.15) is 0 Å². The summed E-state index contributed by atoms with van der Waals surface area (Å²) in [6.07, 6.45) is 1.36. The summed E-state index contributed by atoms with van der Waals surface area (Å²) in [7, 11) is 0. The maximum atomic E-state index is 12.5.